The Balaban J connectivity index is 1.81. The maximum atomic E-state index is 5.22. The second-order valence-corrected chi connectivity index (χ2v) is 5.59. The van der Waals surface area contributed by atoms with Crippen LogP contribution in [0.25, 0.3) is 0 Å². The fraction of sp³-hybridized carbons (Fsp3) is 0.417. The van der Waals surface area contributed by atoms with Gasteiger partial charge in [-0.25, -0.2) is 0 Å². The molecule has 86 valence electrons. The smallest absolute Gasteiger partial charge is 0.138 e. The summed E-state index contributed by atoms with van der Waals surface area (Å²) in [6.07, 6.45) is 1.11. The summed E-state index contributed by atoms with van der Waals surface area (Å²) >= 11 is 6.97. The summed E-state index contributed by atoms with van der Waals surface area (Å²) in [4.78, 5) is 4.56. The molecule has 4 heteroatoms. The Bertz CT molecular complexity index is 353. The fourth-order valence-corrected chi connectivity index (χ4v) is 2.72. The van der Waals surface area contributed by atoms with Crippen molar-refractivity contribution in [2.75, 3.05) is 26.1 Å². The lowest BCUT2D eigenvalue weighted by Gasteiger charge is -2.34. The summed E-state index contributed by atoms with van der Waals surface area (Å²) in [5.74, 6) is 1.02. The first-order valence-electron chi connectivity index (χ1n) is 5.40. The highest BCUT2D eigenvalue weighted by atomic mass is 32.2. The SMILES string of the molecule is CN1CN(CCc2ccccc2)CSC1=S. The van der Waals surface area contributed by atoms with Crippen molar-refractivity contribution in [3.05, 3.63) is 35.9 Å². The molecule has 1 fully saturated rings. The van der Waals surface area contributed by atoms with Crippen LogP contribution in [0.3, 0.4) is 0 Å². The lowest BCUT2D eigenvalue weighted by Crippen LogP contribution is -2.43. The molecule has 1 saturated heterocycles. The molecule has 0 radical (unpaired) electrons. The van der Waals surface area contributed by atoms with Gasteiger partial charge >= 0.3 is 0 Å². The molecule has 2 nitrogen and oxygen atoms in total. The highest BCUT2D eigenvalue weighted by Gasteiger charge is 2.17. The molecule has 1 aromatic carbocycles. The van der Waals surface area contributed by atoms with Gasteiger partial charge in [-0.2, -0.15) is 0 Å². The van der Waals surface area contributed by atoms with E-state index in [1.807, 2.05) is 0 Å². The second kappa shape index (κ2) is 5.66. The molecule has 0 unspecified atom stereocenters. The monoisotopic (exact) mass is 252 g/mol. The average molecular weight is 252 g/mol. The molecule has 1 aromatic rings. The molecule has 1 aliphatic rings. The van der Waals surface area contributed by atoms with Gasteiger partial charge in [0.05, 0.1) is 12.5 Å². The van der Waals surface area contributed by atoms with Crippen LogP contribution in [0.1, 0.15) is 5.56 Å². The summed E-state index contributed by atoms with van der Waals surface area (Å²) in [6.45, 7) is 2.06. The largest absolute Gasteiger partial charge is 0.348 e. The van der Waals surface area contributed by atoms with Crippen LogP contribution in [-0.2, 0) is 6.42 Å². The summed E-state index contributed by atoms with van der Waals surface area (Å²) in [6, 6.07) is 10.6. The van der Waals surface area contributed by atoms with Gasteiger partial charge < -0.3 is 4.90 Å². The maximum absolute atomic E-state index is 5.22. The van der Waals surface area contributed by atoms with E-state index in [2.05, 4.69) is 47.2 Å². The minimum absolute atomic E-state index is 0.957. The molecule has 1 aliphatic heterocycles. The lowest BCUT2D eigenvalue weighted by atomic mass is 10.1. The predicted molar refractivity (Wildman–Crippen MR) is 74.5 cm³/mol. The topological polar surface area (TPSA) is 6.48 Å². The Hall–Kier alpha value is -0.580. The van der Waals surface area contributed by atoms with E-state index in [0.717, 1.165) is 29.8 Å². The van der Waals surface area contributed by atoms with Crippen molar-refractivity contribution in [1.82, 2.24) is 9.80 Å². The number of benzene rings is 1. The number of thiocarbonyl (C=S) groups is 1. The molecule has 0 amide bonds. The molecule has 0 aliphatic carbocycles. The van der Waals surface area contributed by atoms with E-state index < -0.39 is 0 Å². The van der Waals surface area contributed by atoms with Gasteiger partial charge in [0.15, 0.2) is 0 Å². The van der Waals surface area contributed by atoms with Crippen LogP contribution in [0.4, 0.5) is 0 Å². The van der Waals surface area contributed by atoms with Crippen molar-refractivity contribution in [1.29, 1.82) is 0 Å². The van der Waals surface area contributed by atoms with Gasteiger partial charge in [-0.3, -0.25) is 4.90 Å². The van der Waals surface area contributed by atoms with E-state index in [0.29, 0.717) is 0 Å². The first-order valence-corrected chi connectivity index (χ1v) is 6.79. The summed E-state index contributed by atoms with van der Waals surface area (Å²) in [5, 5.41) is 0. The predicted octanol–water partition coefficient (Wildman–Crippen LogP) is 2.41. The first kappa shape index (κ1) is 11.9. The Kier molecular flexibility index (Phi) is 4.21. The number of rotatable bonds is 3. The number of thioether (sulfide) groups is 1. The van der Waals surface area contributed by atoms with Crippen LogP contribution >= 0.6 is 24.0 Å². The van der Waals surface area contributed by atoms with Gasteiger partial charge in [0, 0.05) is 13.6 Å². The van der Waals surface area contributed by atoms with Crippen LogP contribution < -0.4 is 0 Å². The van der Waals surface area contributed by atoms with Crippen molar-refractivity contribution in [3.63, 3.8) is 0 Å². The maximum Gasteiger partial charge on any atom is 0.138 e. The Morgan fingerprint density at radius 1 is 1.31 bits per heavy atom. The Morgan fingerprint density at radius 3 is 2.75 bits per heavy atom. The number of hydrogen-bond acceptors (Lipinski definition) is 3. The number of nitrogens with zero attached hydrogens (tertiary/aromatic N) is 2. The van der Waals surface area contributed by atoms with Gasteiger partial charge in [-0.1, -0.05) is 54.3 Å². The van der Waals surface area contributed by atoms with Crippen LogP contribution in [0, 0.1) is 0 Å². The minimum Gasteiger partial charge on any atom is -0.348 e. The van der Waals surface area contributed by atoms with Crippen molar-refractivity contribution in [3.8, 4) is 0 Å². The standard InChI is InChI=1S/C12H16N2S2/c1-13-9-14(10-16-12(13)15)8-7-11-5-3-2-4-6-11/h2-6H,7-10H2,1H3. The summed E-state index contributed by atoms with van der Waals surface area (Å²) < 4.78 is 1.01. The van der Waals surface area contributed by atoms with Gasteiger partial charge in [0.1, 0.15) is 4.32 Å². The van der Waals surface area contributed by atoms with Gasteiger partial charge in [-0.05, 0) is 12.0 Å². The minimum atomic E-state index is 0.957. The van der Waals surface area contributed by atoms with E-state index in [9.17, 15) is 0 Å². The van der Waals surface area contributed by atoms with Crippen molar-refractivity contribution in [2.24, 2.45) is 0 Å². The van der Waals surface area contributed by atoms with E-state index in [1.54, 1.807) is 11.8 Å². The molecule has 1 heterocycles. The summed E-state index contributed by atoms with van der Waals surface area (Å²) in [7, 11) is 2.06. The Morgan fingerprint density at radius 2 is 2.06 bits per heavy atom. The zero-order valence-electron chi connectivity index (χ0n) is 9.43. The zero-order chi connectivity index (χ0) is 11.4. The molecule has 0 saturated carbocycles. The quantitative estimate of drug-likeness (QED) is 0.762. The fourth-order valence-electron chi connectivity index (χ4n) is 1.72. The molecule has 0 aromatic heterocycles. The van der Waals surface area contributed by atoms with Crippen molar-refractivity contribution in [2.45, 2.75) is 6.42 Å². The van der Waals surface area contributed by atoms with Crippen molar-refractivity contribution >= 4 is 28.3 Å². The molecule has 0 spiro atoms. The van der Waals surface area contributed by atoms with E-state index in [-0.39, 0.29) is 0 Å². The van der Waals surface area contributed by atoms with Crippen LogP contribution in [0.15, 0.2) is 30.3 Å². The molecule has 0 bridgehead atoms. The van der Waals surface area contributed by atoms with Crippen LogP contribution in [-0.4, -0.2) is 40.3 Å². The third kappa shape index (κ3) is 3.20. The molecular weight excluding hydrogens is 236 g/mol. The zero-order valence-corrected chi connectivity index (χ0v) is 11.1. The third-order valence-electron chi connectivity index (χ3n) is 2.65. The molecule has 2 rings (SSSR count). The average Bonchev–Trinajstić information content (AvgIpc) is 2.32. The highest BCUT2D eigenvalue weighted by molar-refractivity contribution is 8.22. The molecule has 0 atom stereocenters. The number of hydrogen-bond donors (Lipinski definition) is 0. The molecule has 0 N–H and O–H groups in total. The van der Waals surface area contributed by atoms with Gasteiger partial charge in [0.25, 0.3) is 0 Å². The van der Waals surface area contributed by atoms with Gasteiger partial charge in [0.2, 0.25) is 0 Å². The third-order valence-corrected chi connectivity index (χ3v) is 4.37. The van der Waals surface area contributed by atoms with E-state index in [4.69, 9.17) is 12.2 Å². The second-order valence-electron chi connectivity index (χ2n) is 4.01. The summed E-state index contributed by atoms with van der Waals surface area (Å²) in [5.41, 5.74) is 1.41. The van der Waals surface area contributed by atoms with Crippen molar-refractivity contribution < 1.29 is 0 Å². The van der Waals surface area contributed by atoms with Crippen LogP contribution in [0.2, 0.25) is 0 Å². The Labute approximate surface area is 107 Å². The lowest BCUT2D eigenvalue weighted by molar-refractivity contribution is 0.236. The van der Waals surface area contributed by atoms with Gasteiger partial charge in [-0.15, -0.1) is 0 Å². The molecular formula is C12H16N2S2. The first-order chi connectivity index (χ1) is 7.75. The van der Waals surface area contributed by atoms with E-state index >= 15 is 0 Å². The van der Waals surface area contributed by atoms with E-state index in [1.165, 1.54) is 5.56 Å². The normalized spacial score (nSPS) is 17.8. The highest BCUT2D eigenvalue weighted by Crippen LogP contribution is 2.17. The molecule has 16 heavy (non-hydrogen) atoms. The van der Waals surface area contributed by atoms with Crippen LogP contribution in [0.5, 0.6) is 0 Å².